The van der Waals surface area contributed by atoms with Gasteiger partial charge in [0.2, 0.25) is 0 Å². The first kappa shape index (κ1) is 15.9. The molecule has 0 fully saturated rings. The monoisotopic (exact) mass is 430 g/mol. The van der Waals surface area contributed by atoms with E-state index in [0.717, 1.165) is 37.7 Å². The van der Waals surface area contributed by atoms with Gasteiger partial charge in [0.25, 0.3) is 0 Å². The van der Waals surface area contributed by atoms with E-state index in [-0.39, 0.29) is 0 Å². The summed E-state index contributed by atoms with van der Waals surface area (Å²) in [5, 5.41) is 4.59. The molecule has 0 saturated carbocycles. The van der Waals surface area contributed by atoms with Crippen molar-refractivity contribution in [1.29, 1.82) is 0 Å². The fourth-order valence-electron chi connectivity index (χ4n) is 2.22. The number of rotatable bonds is 4. The smallest absolute Gasteiger partial charge is 0.145 e. The lowest BCUT2D eigenvalue weighted by Gasteiger charge is -2.07. The van der Waals surface area contributed by atoms with Crippen LogP contribution < -0.4 is 0 Å². The van der Waals surface area contributed by atoms with Crippen molar-refractivity contribution in [2.24, 2.45) is 0 Å². The van der Waals surface area contributed by atoms with E-state index in [4.69, 9.17) is 0 Å². The van der Waals surface area contributed by atoms with Crippen molar-refractivity contribution in [3.05, 3.63) is 81.4 Å². The van der Waals surface area contributed by atoms with Gasteiger partial charge in [-0.25, -0.2) is 4.68 Å². The average molecular weight is 432 g/mol. The number of halogens is 2. The predicted octanol–water partition coefficient (Wildman–Crippen LogP) is 5.16. The van der Waals surface area contributed by atoms with Gasteiger partial charge in [0.15, 0.2) is 0 Å². The molecule has 0 radical (unpaired) electrons. The average Bonchev–Trinajstić information content (AvgIpc) is 3.04. The maximum Gasteiger partial charge on any atom is 0.145 e. The maximum atomic E-state index is 11.0. The minimum Gasteiger partial charge on any atom is -0.298 e. The summed E-state index contributed by atoms with van der Waals surface area (Å²) >= 11 is 6.84. The lowest BCUT2D eigenvalue weighted by molar-refractivity contribution is -0.104. The topological polar surface area (TPSA) is 34.9 Å². The van der Waals surface area contributed by atoms with Crippen molar-refractivity contribution in [3.63, 3.8) is 0 Å². The van der Waals surface area contributed by atoms with Crippen molar-refractivity contribution in [2.45, 2.75) is 0 Å². The molecule has 3 nitrogen and oxygen atoms in total. The van der Waals surface area contributed by atoms with Crippen LogP contribution in [0.25, 0.3) is 17.0 Å². The SMILES string of the molecule is O=C/C=C(\c1ccc(Br)cc1)n1ccc(-c2ccc(Br)cc2)n1. The van der Waals surface area contributed by atoms with Crippen LogP contribution in [0.4, 0.5) is 0 Å². The van der Waals surface area contributed by atoms with Crippen LogP contribution in [0.2, 0.25) is 0 Å². The number of nitrogens with zero attached hydrogens (tertiary/aromatic N) is 2. The number of hydrogen-bond acceptors (Lipinski definition) is 2. The van der Waals surface area contributed by atoms with Gasteiger partial charge in [-0.15, -0.1) is 0 Å². The predicted molar refractivity (Wildman–Crippen MR) is 98.9 cm³/mol. The standard InChI is InChI=1S/C18H12Br2N2O/c19-15-5-1-13(2-6-15)17-9-11-22(21-17)18(10-12-23)14-3-7-16(20)8-4-14/h1-12H/b18-10+. The molecule has 0 aliphatic carbocycles. The molecule has 1 heterocycles. The maximum absolute atomic E-state index is 11.0. The number of benzene rings is 2. The summed E-state index contributed by atoms with van der Waals surface area (Å²) in [7, 11) is 0. The third-order valence-electron chi connectivity index (χ3n) is 3.34. The molecule has 0 N–H and O–H groups in total. The second-order valence-electron chi connectivity index (χ2n) is 4.85. The molecule has 23 heavy (non-hydrogen) atoms. The van der Waals surface area contributed by atoms with E-state index in [0.29, 0.717) is 0 Å². The number of aromatic nitrogens is 2. The van der Waals surface area contributed by atoms with E-state index in [2.05, 4.69) is 37.0 Å². The zero-order valence-electron chi connectivity index (χ0n) is 12.0. The summed E-state index contributed by atoms with van der Waals surface area (Å²) in [4.78, 5) is 11.0. The highest BCUT2D eigenvalue weighted by atomic mass is 79.9. The Morgan fingerprint density at radius 2 is 1.52 bits per heavy atom. The number of hydrogen-bond donors (Lipinski definition) is 0. The Bertz CT molecular complexity index is 849. The van der Waals surface area contributed by atoms with Crippen LogP contribution in [0.5, 0.6) is 0 Å². The Morgan fingerprint density at radius 1 is 0.913 bits per heavy atom. The van der Waals surface area contributed by atoms with Crippen LogP contribution in [0.1, 0.15) is 5.56 Å². The van der Waals surface area contributed by atoms with E-state index in [1.165, 1.54) is 6.08 Å². The lowest BCUT2D eigenvalue weighted by Crippen LogP contribution is -2.00. The first-order valence-electron chi connectivity index (χ1n) is 6.91. The van der Waals surface area contributed by atoms with Crippen molar-refractivity contribution in [3.8, 4) is 11.3 Å². The van der Waals surface area contributed by atoms with Crippen LogP contribution in [0.15, 0.2) is 75.8 Å². The third-order valence-corrected chi connectivity index (χ3v) is 4.40. The van der Waals surface area contributed by atoms with E-state index in [1.54, 1.807) is 4.68 Å². The molecule has 3 rings (SSSR count). The van der Waals surface area contributed by atoms with E-state index in [9.17, 15) is 4.79 Å². The van der Waals surface area contributed by atoms with E-state index in [1.807, 2.05) is 60.8 Å². The summed E-state index contributed by atoms with van der Waals surface area (Å²) in [6, 6.07) is 17.7. The Hall–Kier alpha value is -1.98. The summed E-state index contributed by atoms with van der Waals surface area (Å²) in [5.74, 6) is 0. The van der Waals surface area contributed by atoms with Gasteiger partial charge in [0.1, 0.15) is 6.29 Å². The van der Waals surface area contributed by atoms with Gasteiger partial charge in [-0.2, -0.15) is 5.10 Å². The zero-order chi connectivity index (χ0) is 16.2. The molecule has 0 atom stereocenters. The van der Waals surface area contributed by atoms with E-state index < -0.39 is 0 Å². The minimum absolute atomic E-state index is 0.732. The number of carbonyl (C=O) groups excluding carboxylic acids is 1. The summed E-state index contributed by atoms with van der Waals surface area (Å²) in [5.41, 5.74) is 3.53. The molecule has 0 amide bonds. The highest BCUT2D eigenvalue weighted by Crippen LogP contribution is 2.23. The number of aldehydes is 1. The molecular weight excluding hydrogens is 420 g/mol. The van der Waals surface area contributed by atoms with Gasteiger partial charge in [-0.1, -0.05) is 56.1 Å². The van der Waals surface area contributed by atoms with E-state index >= 15 is 0 Å². The van der Waals surface area contributed by atoms with Gasteiger partial charge < -0.3 is 0 Å². The normalized spacial score (nSPS) is 11.5. The first-order chi connectivity index (χ1) is 11.2. The zero-order valence-corrected chi connectivity index (χ0v) is 15.2. The lowest BCUT2D eigenvalue weighted by atomic mass is 10.1. The first-order valence-corrected chi connectivity index (χ1v) is 8.49. The molecule has 0 spiro atoms. The molecule has 0 bridgehead atoms. The fourth-order valence-corrected chi connectivity index (χ4v) is 2.75. The van der Waals surface area contributed by atoms with Crippen molar-refractivity contribution >= 4 is 43.8 Å². The molecule has 0 aliphatic heterocycles. The number of allylic oxidation sites excluding steroid dienone is 1. The van der Waals surface area contributed by atoms with Crippen molar-refractivity contribution < 1.29 is 4.79 Å². The van der Waals surface area contributed by atoms with Crippen molar-refractivity contribution in [1.82, 2.24) is 9.78 Å². The van der Waals surface area contributed by atoms with Gasteiger partial charge in [-0.05, 0) is 30.3 Å². The number of carbonyl (C=O) groups is 1. The van der Waals surface area contributed by atoms with Crippen LogP contribution in [0.3, 0.4) is 0 Å². The second-order valence-corrected chi connectivity index (χ2v) is 6.68. The third kappa shape index (κ3) is 3.68. The highest BCUT2D eigenvalue weighted by molar-refractivity contribution is 9.10. The quantitative estimate of drug-likeness (QED) is 0.422. The molecule has 114 valence electrons. The molecule has 1 aromatic heterocycles. The van der Waals surface area contributed by atoms with Crippen LogP contribution >= 0.6 is 31.9 Å². The molecule has 3 aromatic rings. The molecular formula is C18H12Br2N2O. The van der Waals surface area contributed by atoms with Crippen LogP contribution in [-0.2, 0) is 4.79 Å². The van der Waals surface area contributed by atoms with Gasteiger partial charge in [0.05, 0.1) is 11.4 Å². The Balaban J connectivity index is 1.99. The van der Waals surface area contributed by atoms with Gasteiger partial charge in [0, 0.05) is 32.3 Å². The molecule has 5 heteroatoms. The van der Waals surface area contributed by atoms with Crippen LogP contribution in [-0.4, -0.2) is 16.1 Å². The highest BCUT2D eigenvalue weighted by Gasteiger charge is 2.08. The van der Waals surface area contributed by atoms with Crippen molar-refractivity contribution in [2.75, 3.05) is 0 Å². The Labute approximate surface area is 150 Å². The fraction of sp³-hybridized carbons (Fsp3) is 0. The molecule has 0 unspecified atom stereocenters. The summed E-state index contributed by atoms with van der Waals surface area (Å²) in [6.45, 7) is 0. The Morgan fingerprint density at radius 3 is 2.13 bits per heavy atom. The van der Waals surface area contributed by atoms with Gasteiger partial charge >= 0.3 is 0 Å². The minimum atomic E-state index is 0.732. The molecule has 0 aliphatic rings. The van der Waals surface area contributed by atoms with Gasteiger partial charge in [-0.3, -0.25) is 4.79 Å². The van der Waals surface area contributed by atoms with Crippen LogP contribution in [0, 0.1) is 0 Å². The Kier molecular flexibility index (Phi) is 4.88. The second kappa shape index (κ2) is 7.06. The molecule has 0 saturated heterocycles. The summed E-state index contributed by atoms with van der Waals surface area (Å²) in [6.07, 6.45) is 4.15. The molecule has 2 aromatic carbocycles. The largest absolute Gasteiger partial charge is 0.298 e. The summed E-state index contributed by atoms with van der Waals surface area (Å²) < 4.78 is 3.73.